The number of thiol groups is 1. The maximum atomic E-state index is 11.9. The van der Waals surface area contributed by atoms with Gasteiger partial charge in [0.25, 0.3) is 5.91 Å². The molecule has 6 N–H and O–H groups in total. The topological polar surface area (TPSA) is 106 Å². The fourth-order valence-electron chi connectivity index (χ4n) is 1.38. The third-order valence-electron chi connectivity index (χ3n) is 2.26. The van der Waals surface area contributed by atoms with Gasteiger partial charge >= 0.3 is 0 Å². The van der Waals surface area contributed by atoms with Crippen molar-refractivity contribution in [1.82, 2.24) is 5.43 Å². The van der Waals surface area contributed by atoms with Gasteiger partial charge in [0.1, 0.15) is 0 Å². The van der Waals surface area contributed by atoms with Gasteiger partial charge in [-0.05, 0) is 24.3 Å². The molecule has 0 spiro atoms. The van der Waals surface area contributed by atoms with E-state index >= 15 is 0 Å². The number of halogens is 1. The molecule has 0 aromatic heterocycles. The molecular weight excluding hydrogens is 342 g/mol. The van der Waals surface area contributed by atoms with Crippen LogP contribution in [0.15, 0.2) is 51.4 Å². The van der Waals surface area contributed by atoms with Crippen LogP contribution in [-0.4, -0.2) is 11.7 Å². The van der Waals surface area contributed by atoms with E-state index in [2.05, 4.69) is 51.0 Å². The lowest BCUT2D eigenvalue weighted by Gasteiger charge is -2.12. The highest BCUT2D eigenvalue weighted by molar-refractivity contribution is 9.10. The van der Waals surface area contributed by atoms with Gasteiger partial charge < -0.3 is 16.6 Å². The van der Waals surface area contributed by atoms with Gasteiger partial charge in [0.2, 0.25) is 0 Å². The number of hydrazone groups is 1. The molecule has 0 radical (unpaired) electrons. The van der Waals surface area contributed by atoms with Crippen LogP contribution in [0.4, 0.5) is 5.69 Å². The average molecular weight is 356 g/mol. The van der Waals surface area contributed by atoms with E-state index in [1.165, 1.54) is 12.2 Å². The van der Waals surface area contributed by atoms with Crippen LogP contribution < -0.4 is 22.4 Å². The maximum Gasteiger partial charge on any atom is 0.261 e. The van der Waals surface area contributed by atoms with Crippen LogP contribution in [0.2, 0.25) is 0 Å². The van der Waals surface area contributed by atoms with Crippen molar-refractivity contribution in [3.8, 4) is 0 Å². The number of nitrogens with two attached hydrogens (primary N) is 2. The van der Waals surface area contributed by atoms with E-state index < -0.39 is 0 Å². The Labute approximate surface area is 130 Å². The first-order chi connectivity index (χ1) is 9.53. The molecule has 0 aliphatic carbocycles. The normalized spacial score (nSPS) is 11.9. The summed E-state index contributed by atoms with van der Waals surface area (Å²) in [6, 6.07) is 5.17. The Kier molecular flexibility index (Phi) is 6.29. The number of hydrazine groups is 1. The van der Waals surface area contributed by atoms with Crippen LogP contribution in [0, 0.1) is 0 Å². The summed E-state index contributed by atoms with van der Waals surface area (Å²) in [4.78, 5) is 12.1. The summed E-state index contributed by atoms with van der Waals surface area (Å²) in [5.41, 5.74) is 3.40. The van der Waals surface area contributed by atoms with Gasteiger partial charge in [0.15, 0.2) is 5.84 Å². The monoisotopic (exact) mass is 355 g/mol. The molecule has 8 heteroatoms. The number of anilines is 1. The smallest absolute Gasteiger partial charge is 0.261 e. The first-order valence-electron chi connectivity index (χ1n) is 5.41. The molecule has 1 aromatic carbocycles. The number of hydrogen-bond donors (Lipinski definition) is 5. The maximum absolute atomic E-state index is 11.9. The lowest BCUT2D eigenvalue weighted by atomic mass is 10.1. The van der Waals surface area contributed by atoms with E-state index in [-0.39, 0.29) is 16.6 Å². The SMILES string of the molecule is C=C/C=C(\S)C(=O)Nc1ccc(Br)cc1/C(=N/N)NN. The van der Waals surface area contributed by atoms with E-state index in [4.69, 9.17) is 11.7 Å². The van der Waals surface area contributed by atoms with Crippen molar-refractivity contribution in [2.24, 2.45) is 16.8 Å². The van der Waals surface area contributed by atoms with Crippen molar-refractivity contribution in [1.29, 1.82) is 0 Å². The molecule has 106 valence electrons. The Balaban J connectivity index is 3.16. The van der Waals surface area contributed by atoms with Crippen LogP contribution in [-0.2, 0) is 4.79 Å². The number of benzene rings is 1. The van der Waals surface area contributed by atoms with Gasteiger partial charge in [-0.3, -0.25) is 4.79 Å². The predicted molar refractivity (Wildman–Crippen MR) is 88.1 cm³/mol. The first-order valence-corrected chi connectivity index (χ1v) is 6.65. The van der Waals surface area contributed by atoms with Gasteiger partial charge in [0, 0.05) is 10.0 Å². The second-order valence-corrected chi connectivity index (χ2v) is 4.95. The Morgan fingerprint density at radius 1 is 1.50 bits per heavy atom. The summed E-state index contributed by atoms with van der Waals surface area (Å²) in [7, 11) is 0. The van der Waals surface area contributed by atoms with Crippen molar-refractivity contribution in [3.63, 3.8) is 0 Å². The minimum Gasteiger partial charge on any atom is -0.321 e. The number of rotatable bonds is 4. The minimum absolute atomic E-state index is 0.223. The summed E-state index contributed by atoms with van der Waals surface area (Å²) in [6.45, 7) is 3.50. The number of carbonyl (C=O) groups excluding carboxylic acids is 1. The molecule has 0 saturated heterocycles. The summed E-state index contributed by atoms with van der Waals surface area (Å²) in [6.07, 6.45) is 2.95. The second-order valence-electron chi connectivity index (χ2n) is 3.55. The second kappa shape index (κ2) is 7.73. The third-order valence-corrected chi connectivity index (χ3v) is 3.10. The van der Waals surface area contributed by atoms with E-state index in [0.717, 1.165) is 4.47 Å². The van der Waals surface area contributed by atoms with Crippen molar-refractivity contribution >= 4 is 46.0 Å². The van der Waals surface area contributed by atoms with E-state index in [1.807, 2.05) is 0 Å². The van der Waals surface area contributed by atoms with Crippen molar-refractivity contribution in [2.75, 3.05) is 5.32 Å². The molecule has 0 aliphatic heterocycles. The molecule has 6 nitrogen and oxygen atoms in total. The number of carbonyl (C=O) groups is 1. The minimum atomic E-state index is -0.384. The standard InChI is InChI=1S/C12H14BrN5OS/c1-2-3-10(20)12(19)16-9-5-4-7(13)6-8(9)11(17-14)18-15/h2-6,20H,1,14-15H2,(H,16,19)(H,17,18)/b10-3-. The van der Waals surface area contributed by atoms with Crippen LogP contribution in [0.1, 0.15) is 5.56 Å². The van der Waals surface area contributed by atoms with E-state index in [9.17, 15) is 4.79 Å². The highest BCUT2D eigenvalue weighted by Gasteiger charge is 2.13. The quantitative estimate of drug-likeness (QED) is 0.107. The lowest BCUT2D eigenvalue weighted by molar-refractivity contribution is -0.112. The zero-order chi connectivity index (χ0) is 15.1. The highest BCUT2D eigenvalue weighted by atomic mass is 79.9. The number of amides is 1. The van der Waals surface area contributed by atoms with Crippen molar-refractivity contribution < 1.29 is 4.79 Å². The molecule has 1 aromatic rings. The predicted octanol–water partition coefficient (Wildman–Crippen LogP) is 1.47. The van der Waals surface area contributed by atoms with Crippen molar-refractivity contribution in [3.05, 3.63) is 51.9 Å². The van der Waals surface area contributed by atoms with Crippen LogP contribution in [0.5, 0.6) is 0 Å². The Hall–Kier alpha value is -1.77. The molecule has 0 fully saturated rings. The molecule has 0 unspecified atom stereocenters. The van der Waals surface area contributed by atoms with Gasteiger partial charge in [-0.25, -0.2) is 5.84 Å². The molecule has 20 heavy (non-hydrogen) atoms. The average Bonchev–Trinajstić information content (AvgIpc) is 2.43. The fraction of sp³-hybridized carbons (Fsp3) is 0. The lowest BCUT2D eigenvalue weighted by Crippen LogP contribution is -2.33. The Morgan fingerprint density at radius 3 is 2.75 bits per heavy atom. The summed E-state index contributed by atoms with van der Waals surface area (Å²) in [5.74, 6) is 10.4. The number of amidine groups is 1. The summed E-state index contributed by atoms with van der Waals surface area (Å²) < 4.78 is 0.787. The van der Waals surface area contributed by atoms with Crippen molar-refractivity contribution in [2.45, 2.75) is 0 Å². The number of hydrogen-bond acceptors (Lipinski definition) is 5. The summed E-state index contributed by atoms with van der Waals surface area (Å²) >= 11 is 7.39. The number of nitrogens with one attached hydrogen (secondary N) is 2. The molecule has 0 heterocycles. The largest absolute Gasteiger partial charge is 0.321 e. The fourth-order valence-corrected chi connectivity index (χ4v) is 1.90. The Morgan fingerprint density at radius 2 is 2.20 bits per heavy atom. The zero-order valence-electron chi connectivity index (χ0n) is 10.4. The van der Waals surface area contributed by atoms with E-state index in [0.29, 0.717) is 11.3 Å². The molecule has 1 rings (SSSR count). The molecule has 1 amide bonds. The number of nitrogens with zero attached hydrogens (tertiary/aromatic N) is 1. The number of allylic oxidation sites excluding steroid dienone is 2. The molecule has 0 atom stereocenters. The molecule has 0 bridgehead atoms. The van der Waals surface area contributed by atoms with Crippen LogP contribution in [0.3, 0.4) is 0 Å². The zero-order valence-corrected chi connectivity index (χ0v) is 12.9. The molecule has 0 aliphatic rings. The van der Waals surface area contributed by atoms with E-state index in [1.54, 1.807) is 18.2 Å². The van der Waals surface area contributed by atoms with Gasteiger partial charge in [-0.2, -0.15) is 5.10 Å². The molecular formula is C12H14BrN5OS. The third kappa shape index (κ3) is 4.12. The highest BCUT2D eigenvalue weighted by Crippen LogP contribution is 2.22. The van der Waals surface area contributed by atoms with Gasteiger partial charge in [0.05, 0.1) is 10.6 Å². The summed E-state index contributed by atoms with van der Waals surface area (Å²) in [5, 5.41) is 6.21. The molecule has 0 saturated carbocycles. The Bertz CT molecular complexity index is 585. The van der Waals surface area contributed by atoms with Gasteiger partial charge in [-0.1, -0.05) is 28.6 Å². The van der Waals surface area contributed by atoms with Crippen LogP contribution >= 0.6 is 28.6 Å². The van der Waals surface area contributed by atoms with Gasteiger partial charge in [-0.15, -0.1) is 12.6 Å². The van der Waals surface area contributed by atoms with Crippen LogP contribution in [0.25, 0.3) is 0 Å². The first kappa shape index (κ1) is 16.3.